The van der Waals surface area contributed by atoms with Gasteiger partial charge >= 0.3 is 13.8 Å². The van der Waals surface area contributed by atoms with Crippen LogP contribution in [0.3, 0.4) is 0 Å². The summed E-state index contributed by atoms with van der Waals surface area (Å²) in [7, 11) is -4.50. The molecule has 12 N–H and O–H groups in total. The van der Waals surface area contributed by atoms with Crippen LogP contribution in [0.15, 0.2) is 12.2 Å². The van der Waals surface area contributed by atoms with Gasteiger partial charge in [0.25, 0.3) is 0 Å². The van der Waals surface area contributed by atoms with Crippen molar-refractivity contribution in [2.24, 2.45) is 5.73 Å². The van der Waals surface area contributed by atoms with Crippen LogP contribution in [0, 0.1) is 0 Å². The van der Waals surface area contributed by atoms with Gasteiger partial charge in [-0.05, 0) is 19.3 Å². The van der Waals surface area contributed by atoms with Gasteiger partial charge in [-0.25, -0.2) is 4.57 Å². The Bertz CT molecular complexity index is 847. The predicted octanol–water partition coefficient (Wildman–Crippen LogP) is 7.04. The molecule has 0 aliphatic rings. The van der Waals surface area contributed by atoms with Gasteiger partial charge in [0.1, 0.15) is 12.2 Å². The first-order chi connectivity index (χ1) is 27.3. The minimum Gasteiger partial charge on any atom is -0.481 e. The molecule has 0 saturated carbocycles. The van der Waals surface area contributed by atoms with Gasteiger partial charge in [0.15, 0.2) is 0 Å². The van der Waals surface area contributed by atoms with Crippen molar-refractivity contribution in [3.05, 3.63) is 12.2 Å². The summed E-state index contributed by atoms with van der Waals surface area (Å²) in [4.78, 5) is 26.4. The fraction of sp³-hybridized carbons (Fsp3) is 0.929. The van der Waals surface area contributed by atoms with Gasteiger partial charge in [-0.1, -0.05) is 180 Å². The number of hydrogen-bond donors (Lipinski definition) is 11. The molecule has 346 valence electrons. The van der Waals surface area contributed by atoms with E-state index in [1.54, 1.807) is 6.08 Å². The highest BCUT2D eigenvalue weighted by atomic mass is 31.2. The Morgan fingerprint density at radius 2 is 0.895 bits per heavy atom. The van der Waals surface area contributed by atoms with E-state index in [1.807, 2.05) is 6.08 Å². The average molecular weight is 848 g/mol. The molecule has 15 heteroatoms. The molecule has 0 rings (SSSR count). The van der Waals surface area contributed by atoms with Crippen LogP contribution in [-0.2, 0) is 13.9 Å². The van der Waals surface area contributed by atoms with Crippen molar-refractivity contribution in [1.82, 2.24) is 0 Å². The molecule has 0 radical (unpaired) electrons. The number of rotatable bonds is 37. The number of carboxylic acids is 1. The fourth-order valence-corrected chi connectivity index (χ4v) is 5.72. The summed E-state index contributed by atoms with van der Waals surface area (Å²) in [6.45, 7) is 2.47. The molecule has 0 saturated heterocycles. The van der Waals surface area contributed by atoms with Crippen LogP contribution >= 0.6 is 7.82 Å². The van der Waals surface area contributed by atoms with E-state index in [1.165, 1.54) is 154 Å². The number of allylic oxidation sites excluding steroid dienone is 1. The molecule has 0 bridgehead atoms. The van der Waals surface area contributed by atoms with E-state index in [4.69, 9.17) is 51.3 Å². The zero-order valence-corrected chi connectivity index (χ0v) is 36.9. The summed E-state index contributed by atoms with van der Waals surface area (Å²) >= 11 is 0. The monoisotopic (exact) mass is 848 g/mol. The highest BCUT2D eigenvalue weighted by Crippen LogP contribution is 2.35. The van der Waals surface area contributed by atoms with Crippen molar-refractivity contribution in [3.63, 3.8) is 0 Å². The second kappa shape index (κ2) is 51.1. The standard InChI is InChI=1S/C18H37NO2.C18H36O2.C3H9O6P.C3H8O3/c1-2-3-4-5-6-7-8-9-10-11-12-13-14-15-18(21)17(19)16-20;1-2-3-4-5-6-7-8-9-10-11-12-13-14-15-16-17-18(19)20;4-1-3(5)2-9-10(6,7)8;4-1-3(6)2-5/h14-15,17-18,20-21H,2-13,16,19H2,1H3;2-17H2,1H3,(H,19,20);3-5H,1-2H2,(H2,6,7,8);3-6H,1-2H2/b15-14+;;;/t17-,18+;;;/m0.../s1. The smallest absolute Gasteiger partial charge is 0.469 e. The third-order valence-electron chi connectivity index (χ3n) is 9.02. The maximum absolute atomic E-state index is 10.3. The molecule has 14 nitrogen and oxygen atoms in total. The second-order valence-corrected chi connectivity index (χ2v) is 16.1. The maximum atomic E-state index is 10.3. The third kappa shape index (κ3) is 64.3. The lowest BCUT2D eigenvalue weighted by molar-refractivity contribution is -0.137. The number of hydrogen-bond acceptors (Lipinski definition) is 11. The van der Waals surface area contributed by atoms with Crippen molar-refractivity contribution >= 4 is 13.8 Å². The Hall–Kier alpha value is -1.00. The number of phosphoric ester groups is 1. The molecule has 0 aliphatic carbocycles. The van der Waals surface area contributed by atoms with Crippen molar-refractivity contribution in [2.45, 2.75) is 218 Å². The van der Waals surface area contributed by atoms with Gasteiger partial charge in [0.05, 0.1) is 45.2 Å². The fourth-order valence-electron chi connectivity index (χ4n) is 5.35. The number of aliphatic carboxylic acids is 1. The number of carboxylic acid groups (broad SMARTS) is 1. The van der Waals surface area contributed by atoms with Crippen molar-refractivity contribution in [3.8, 4) is 0 Å². The van der Waals surface area contributed by atoms with Crippen molar-refractivity contribution in [2.75, 3.05) is 33.0 Å². The number of aliphatic hydroxyl groups is 7. The van der Waals surface area contributed by atoms with Crippen LogP contribution in [0.5, 0.6) is 0 Å². The van der Waals surface area contributed by atoms with Crippen LogP contribution in [0.1, 0.15) is 194 Å². The van der Waals surface area contributed by atoms with E-state index in [9.17, 15) is 14.5 Å². The Morgan fingerprint density at radius 3 is 1.18 bits per heavy atom. The van der Waals surface area contributed by atoms with Gasteiger partial charge in [0, 0.05) is 6.42 Å². The van der Waals surface area contributed by atoms with Gasteiger partial charge in [-0.2, -0.15) is 0 Å². The van der Waals surface area contributed by atoms with E-state index in [2.05, 4.69) is 18.4 Å². The van der Waals surface area contributed by atoms with Crippen LogP contribution in [0.25, 0.3) is 0 Å². The van der Waals surface area contributed by atoms with Crippen molar-refractivity contribution < 1.29 is 64.5 Å². The van der Waals surface area contributed by atoms with Gasteiger partial charge < -0.3 is 56.4 Å². The Morgan fingerprint density at radius 1 is 0.561 bits per heavy atom. The second-order valence-electron chi connectivity index (χ2n) is 14.8. The number of aliphatic hydroxyl groups excluding tert-OH is 7. The van der Waals surface area contributed by atoms with E-state index in [0.29, 0.717) is 6.42 Å². The van der Waals surface area contributed by atoms with Crippen molar-refractivity contribution in [1.29, 1.82) is 0 Å². The molecule has 0 aromatic carbocycles. The first-order valence-corrected chi connectivity index (χ1v) is 23.6. The summed E-state index contributed by atoms with van der Waals surface area (Å²) in [6.07, 6.45) is 36.8. The van der Waals surface area contributed by atoms with Crippen LogP contribution in [0.4, 0.5) is 0 Å². The van der Waals surface area contributed by atoms with E-state index in [0.717, 1.165) is 19.3 Å². The van der Waals surface area contributed by atoms with E-state index >= 15 is 0 Å². The average Bonchev–Trinajstić information content (AvgIpc) is 3.19. The number of phosphoric acid groups is 1. The summed E-state index contributed by atoms with van der Waals surface area (Å²) < 4.78 is 13.8. The van der Waals surface area contributed by atoms with Gasteiger partial charge in [-0.3, -0.25) is 9.32 Å². The molecule has 57 heavy (non-hydrogen) atoms. The van der Waals surface area contributed by atoms with Gasteiger partial charge in [-0.15, -0.1) is 0 Å². The normalized spacial score (nSPS) is 12.9. The summed E-state index contributed by atoms with van der Waals surface area (Å²) in [5.41, 5.74) is 5.51. The highest BCUT2D eigenvalue weighted by molar-refractivity contribution is 7.46. The highest BCUT2D eigenvalue weighted by Gasteiger charge is 2.15. The van der Waals surface area contributed by atoms with Gasteiger partial charge in [0.2, 0.25) is 0 Å². The third-order valence-corrected chi connectivity index (χ3v) is 9.50. The largest absolute Gasteiger partial charge is 0.481 e. The first-order valence-electron chi connectivity index (χ1n) is 22.1. The lowest BCUT2D eigenvalue weighted by atomic mass is 10.0. The minimum atomic E-state index is -4.50. The van der Waals surface area contributed by atoms with Crippen LogP contribution < -0.4 is 5.73 Å². The molecule has 0 aromatic heterocycles. The lowest BCUT2D eigenvalue weighted by Gasteiger charge is -2.11. The molecule has 0 spiro atoms. The zero-order valence-electron chi connectivity index (χ0n) is 36.0. The Kier molecular flexibility index (Phi) is 56.2. The molecular formula is C42H90NO13P. The summed E-state index contributed by atoms with van der Waals surface area (Å²) in [5, 5.41) is 67.5. The molecule has 0 fully saturated rings. The lowest BCUT2D eigenvalue weighted by Crippen LogP contribution is -2.36. The molecule has 0 aliphatic heterocycles. The van der Waals surface area contributed by atoms with E-state index < -0.39 is 51.4 Å². The molecular weight excluding hydrogens is 757 g/mol. The Balaban J connectivity index is -0.000000360. The number of carbonyl (C=O) groups is 1. The summed E-state index contributed by atoms with van der Waals surface area (Å²) in [6, 6.07) is -0.557. The predicted molar refractivity (Wildman–Crippen MR) is 230 cm³/mol. The zero-order chi connectivity index (χ0) is 43.8. The summed E-state index contributed by atoms with van der Waals surface area (Å²) in [5.74, 6) is -0.653. The maximum Gasteiger partial charge on any atom is 0.469 e. The van der Waals surface area contributed by atoms with Crippen LogP contribution in [0.2, 0.25) is 0 Å². The minimum absolute atomic E-state index is 0.177. The SMILES string of the molecule is CCCCCCCCCCCCC/C=C/[C@@H](O)[C@@H](N)CO.CCCCCCCCCCCCCCCCCC(=O)O.O=P(O)(O)OCC(O)CO.OCC(O)CO. The number of unbranched alkanes of at least 4 members (excludes halogenated alkanes) is 25. The van der Waals surface area contributed by atoms with E-state index in [-0.39, 0.29) is 19.8 Å². The molecule has 0 heterocycles. The first kappa shape index (κ1) is 62.6. The Labute approximate surface area is 346 Å². The molecule has 1 unspecified atom stereocenters. The quantitative estimate of drug-likeness (QED) is 0.0170. The molecule has 3 atom stereocenters. The topological polar surface area (TPSA) is 272 Å². The molecule has 0 aromatic rings. The molecule has 0 amide bonds. The number of nitrogens with two attached hydrogens (primary N) is 1. The van der Waals surface area contributed by atoms with Crippen LogP contribution in [-0.4, -0.2) is 114 Å².